The van der Waals surface area contributed by atoms with Gasteiger partial charge in [0, 0.05) is 12.5 Å². The monoisotopic (exact) mass is 428 g/mol. The zero-order valence-electron chi connectivity index (χ0n) is 16.2. The predicted octanol–water partition coefficient (Wildman–Crippen LogP) is 6.12. The summed E-state index contributed by atoms with van der Waals surface area (Å²) in [5, 5.41) is 4.18. The van der Waals surface area contributed by atoms with E-state index in [2.05, 4.69) is 36.6 Å². The highest BCUT2D eigenvalue weighted by Gasteiger charge is 2.14. The van der Waals surface area contributed by atoms with E-state index in [0.29, 0.717) is 11.4 Å². The van der Waals surface area contributed by atoms with Crippen LogP contribution >= 0.6 is 24.2 Å². The van der Waals surface area contributed by atoms with Crippen LogP contribution in [0.15, 0.2) is 65.4 Å². The summed E-state index contributed by atoms with van der Waals surface area (Å²) >= 11 is 5.77. The van der Waals surface area contributed by atoms with E-state index in [9.17, 15) is 4.79 Å². The Bertz CT molecular complexity index is 914. The molecule has 2 amide bonds. The molecule has 0 aliphatic carbocycles. The third kappa shape index (κ3) is 5.92. The summed E-state index contributed by atoms with van der Waals surface area (Å²) in [6, 6.07) is 16.5. The molecular weight excluding hydrogens is 404 g/mol. The van der Waals surface area contributed by atoms with Gasteiger partial charge in [0.25, 0.3) is 0 Å². The lowest BCUT2D eigenvalue weighted by atomic mass is 10.1. The Morgan fingerprint density at radius 1 is 1.10 bits per heavy atom. The number of unbranched alkanes of at least 4 members (excludes halogenated alkanes) is 1. The van der Waals surface area contributed by atoms with E-state index < -0.39 is 12.3 Å². The molecule has 0 spiro atoms. The number of benzene rings is 2. The number of hydrogen-bond acceptors (Lipinski definition) is 5. The van der Waals surface area contributed by atoms with Crippen LogP contribution in [0.2, 0.25) is 0 Å². The number of carbonyl (C=O) groups is 1. The molecule has 5 nitrogen and oxygen atoms in total. The van der Waals surface area contributed by atoms with E-state index in [-0.39, 0.29) is 0 Å². The topological polar surface area (TPSA) is 64.8 Å². The van der Waals surface area contributed by atoms with Gasteiger partial charge in [0.05, 0.1) is 5.69 Å². The fraction of sp³-hybridized carbons (Fsp3) is 0.227. The summed E-state index contributed by atoms with van der Waals surface area (Å²) in [6.07, 6.45) is 2.30. The van der Waals surface area contributed by atoms with E-state index in [1.54, 1.807) is 29.5 Å². The summed E-state index contributed by atoms with van der Waals surface area (Å²) < 4.78 is 13.2. The molecule has 152 valence electrons. The number of urea groups is 1. The number of carbonyl (C=O) groups excluding carboxylic acids is 1. The molecule has 1 unspecified atom stereocenters. The minimum atomic E-state index is -0.657. The molecule has 7 heteroatoms. The second kappa shape index (κ2) is 10.2. The number of ether oxygens (including phenoxy) is 2. The van der Waals surface area contributed by atoms with Gasteiger partial charge in [0.2, 0.25) is 6.29 Å². The molecule has 1 atom stereocenters. The zero-order chi connectivity index (χ0) is 20.6. The fourth-order valence-electron chi connectivity index (χ4n) is 2.79. The van der Waals surface area contributed by atoms with Crippen molar-refractivity contribution in [2.45, 2.75) is 32.5 Å². The average Bonchev–Trinajstić information content (AvgIpc) is 3.27. The van der Waals surface area contributed by atoms with Crippen LogP contribution in [0.5, 0.6) is 11.5 Å². The van der Waals surface area contributed by atoms with Crippen LogP contribution in [0.3, 0.4) is 0 Å². The van der Waals surface area contributed by atoms with Crippen LogP contribution in [-0.4, -0.2) is 12.3 Å². The second-order valence-electron chi connectivity index (χ2n) is 6.49. The first-order chi connectivity index (χ1) is 14.1. The van der Waals surface area contributed by atoms with Crippen LogP contribution in [0, 0.1) is 0 Å². The highest BCUT2D eigenvalue weighted by Crippen LogP contribution is 2.27. The van der Waals surface area contributed by atoms with Crippen molar-refractivity contribution in [3.05, 3.63) is 65.4 Å². The van der Waals surface area contributed by atoms with Gasteiger partial charge in [0.15, 0.2) is 0 Å². The van der Waals surface area contributed by atoms with Gasteiger partial charge in [-0.3, -0.25) is 0 Å². The molecule has 1 heterocycles. The van der Waals surface area contributed by atoms with Gasteiger partial charge in [-0.05, 0) is 58.6 Å². The SMILES string of the molecule is CCCCC(Oc1ccc(-c2ccsc2)cc1)Oc1cccc(N(S)C(N)=O)c1. The van der Waals surface area contributed by atoms with Crippen molar-refractivity contribution in [2.75, 3.05) is 4.31 Å². The number of primary amides is 1. The van der Waals surface area contributed by atoms with Crippen molar-refractivity contribution in [3.8, 4) is 22.6 Å². The molecule has 0 bridgehead atoms. The first-order valence-electron chi connectivity index (χ1n) is 9.41. The molecule has 0 saturated carbocycles. The molecule has 0 saturated heterocycles. The first-order valence-corrected chi connectivity index (χ1v) is 10.8. The van der Waals surface area contributed by atoms with Crippen molar-refractivity contribution >= 4 is 35.9 Å². The average molecular weight is 429 g/mol. The normalized spacial score (nSPS) is 11.7. The van der Waals surface area contributed by atoms with Gasteiger partial charge >= 0.3 is 6.03 Å². The third-order valence-electron chi connectivity index (χ3n) is 4.31. The van der Waals surface area contributed by atoms with E-state index in [1.807, 2.05) is 30.3 Å². The molecule has 0 aliphatic rings. The number of thiol groups is 1. The molecule has 2 aromatic carbocycles. The Kier molecular flexibility index (Phi) is 7.43. The van der Waals surface area contributed by atoms with Crippen molar-refractivity contribution in [1.29, 1.82) is 0 Å². The van der Waals surface area contributed by atoms with Crippen molar-refractivity contribution in [2.24, 2.45) is 5.73 Å². The lowest BCUT2D eigenvalue weighted by Gasteiger charge is -2.21. The number of hydrogen-bond donors (Lipinski definition) is 2. The Balaban J connectivity index is 1.71. The summed E-state index contributed by atoms with van der Waals surface area (Å²) in [6.45, 7) is 2.12. The maximum absolute atomic E-state index is 11.3. The molecule has 2 N–H and O–H groups in total. The molecular formula is C22H24N2O3S2. The minimum Gasteiger partial charge on any atom is -0.455 e. The number of nitrogens with zero attached hydrogens (tertiary/aromatic N) is 1. The number of nitrogens with two attached hydrogens (primary N) is 1. The van der Waals surface area contributed by atoms with Crippen LogP contribution in [0.25, 0.3) is 11.1 Å². The summed E-state index contributed by atoms with van der Waals surface area (Å²) in [4.78, 5) is 11.3. The molecule has 0 aliphatic heterocycles. The second-order valence-corrected chi connectivity index (χ2v) is 7.67. The number of thiophene rings is 1. The highest BCUT2D eigenvalue weighted by molar-refractivity contribution is 7.82. The quantitative estimate of drug-likeness (QED) is 0.319. The highest BCUT2D eigenvalue weighted by atomic mass is 32.1. The molecule has 0 radical (unpaired) electrons. The van der Waals surface area contributed by atoms with Gasteiger partial charge in [0.1, 0.15) is 11.5 Å². The molecule has 1 aromatic heterocycles. The van der Waals surface area contributed by atoms with Crippen LogP contribution in [0.4, 0.5) is 10.5 Å². The van der Waals surface area contributed by atoms with Gasteiger partial charge in [-0.25, -0.2) is 9.10 Å². The molecule has 3 rings (SSSR count). The van der Waals surface area contributed by atoms with E-state index in [4.69, 9.17) is 15.2 Å². The standard InChI is InChI=1S/C22H24N2O3S2/c1-2-3-7-21(27-20-6-4-5-18(14-20)24(28)22(23)25)26-19-10-8-16(9-11-19)17-12-13-29-15-17/h4-6,8-15,21,28H,2-3,7H2,1H3,(H2,23,25). The van der Waals surface area contributed by atoms with Crippen LogP contribution in [0.1, 0.15) is 26.2 Å². The van der Waals surface area contributed by atoms with Crippen LogP contribution in [-0.2, 0) is 0 Å². The predicted molar refractivity (Wildman–Crippen MR) is 122 cm³/mol. The van der Waals surface area contributed by atoms with Crippen molar-refractivity contribution < 1.29 is 14.3 Å². The first kappa shape index (κ1) is 21.1. The summed E-state index contributed by atoms with van der Waals surface area (Å²) in [5.74, 6) is 1.33. The molecule has 29 heavy (non-hydrogen) atoms. The molecule has 3 aromatic rings. The van der Waals surface area contributed by atoms with Crippen molar-refractivity contribution in [3.63, 3.8) is 0 Å². The maximum atomic E-state index is 11.3. The lowest BCUT2D eigenvalue weighted by molar-refractivity contribution is -0.00206. The lowest BCUT2D eigenvalue weighted by Crippen LogP contribution is -2.27. The van der Waals surface area contributed by atoms with E-state index >= 15 is 0 Å². The fourth-order valence-corrected chi connectivity index (χ4v) is 3.58. The van der Waals surface area contributed by atoms with Crippen molar-refractivity contribution in [1.82, 2.24) is 0 Å². The Labute approximate surface area is 180 Å². The van der Waals surface area contributed by atoms with Gasteiger partial charge in [-0.1, -0.05) is 44.4 Å². The Morgan fingerprint density at radius 2 is 1.86 bits per heavy atom. The summed E-state index contributed by atoms with van der Waals surface area (Å²) in [7, 11) is 0. The van der Waals surface area contributed by atoms with Gasteiger partial charge < -0.3 is 15.2 Å². The Morgan fingerprint density at radius 3 is 2.52 bits per heavy atom. The zero-order valence-corrected chi connectivity index (χ0v) is 17.9. The largest absolute Gasteiger partial charge is 0.455 e. The summed E-state index contributed by atoms with van der Waals surface area (Å²) in [5.41, 5.74) is 8.16. The maximum Gasteiger partial charge on any atom is 0.329 e. The smallest absolute Gasteiger partial charge is 0.329 e. The van der Waals surface area contributed by atoms with Gasteiger partial charge in [-0.2, -0.15) is 11.3 Å². The number of rotatable bonds is 9. The third-order valence-corrected chi connectivity index (χ3v) is 5.42. The number of anilines is 1. The van der Waals surface area contributed by atoms with E-state index in [0.717, 1.165) is 34.9 Å². The van der Waals surface area contributed by atoms with Gasteiger partial charge in [-0.15, -0.1) is 0 Å². The Hall–Kier alpha value is -2.64. The number of amides is 2. The van der Waals surface area contributed by atoms with Crippen LogP contribution < -0.4 is 19.5 Å². The molecule has 0 fully saturated rings. The van der Waals surface area contributed by atoms with E-state index in [1.165, 1.54) is 5.56 Å². The minimum absolute atomic E-state index is 0.445.